The normalized spacial score (nSPS) is 11.7. The summed E-state index contributed by atoms with van der Waals surface area (Å²) >= 11 is 1.51. The summed E-state index contributed by atoms with van der Waals surface area (Å²) in [7, 11) is -1.68. The van der Waals surface area contributed by atoms with E-state index in [9.17, 15) is 8.42 Å². The Hall–Kier alpha value is -1.28. The van der Waals surface area contributed by atoms with E-state index in [1.165, 1.54) is 11.3 Å². The number of benzene rings is 1. The molecule has 2 rings (SSSR count). The van der Waals surface area contributed by atoms with Crippen LogP contribution in [0.2, 0.25) is 0 Å². The highest BCUT2D eigenvalue weighted by atomic mass is 32.2. The molecule has 1 aromatic carbocycles. The van der Waals surface area contributed by atoms with E-state index in [4.69, 9.17) is 0 Å². The zero-order chi connectivity index (χ0) is 14.6. The smallest absolute Gasteiger partial charge is 0.240 e. The van der Waals surface area contributed by atoms with Gasteiger partial charge in [0.1, 0.15) is 0 Å². The van der Waals surface area contributed by atoms with Gasteiger partial charge in [-0.3, -0.25) is 0 Å². The van der Waals surface area contributed by atoms with Gasteiger partial charge in [-0.1, -0.05) is 12.1 Å². The summed E-state index contributed by atoms with van der Waals surface area (Å²) in [4.78, 5) is 4.51. The van der Waals surface area contributed by atoms with Gasteiger partial charge in [-0.05, 0) is 31.7 Å². The van der Waals surface area contributed by atoms with E-state index in [2.05, 4.69) is 15.0 Å². The van der Waals surface area contributed by atoms with Crippen LogP contribution in [0.1, 0.15) is 16.3 Å². The molecule has 0 unspecified atom stereocenters. The summed E-state index contributed by atoms with van der Waals surface area (Å²) in [6, 6.07) is 6.90. The van der Waals surface area contributed by atoms with Crippen molar-refractivity contribution < 1.29 is 8.42 Å². The van der Waals surface area contributed by atoms with E-state index >= 15 is 0 Å². The summed E-state index contributed by atoms with van der Waals surface area (Å²) in [6.45, 7) is 2.74. The first-order valence-corrected chi connectivity index (χ1v) is 8.52. The first-order valence-electron chi connectivity index (χ1n) is 6.15. The molecule has 0 aliphatic heterocycles. The minimum absolute atomic E-state index is 0.211. The predicted octanol–water partition coefficient (Wildman–Crippen LogP) is 1.65. The number of thiazole rings is 1. The third kappa shape index (κ3) is 3.86. The van der Waals surface area contributed by atoms with E-state index in [1.54, 1.807) is 18.2 Å². The van der Waals surface area contributed by atoms with Gasteiger partial charge < -0.3 is 5.32 Å². The number of aryl methyl sites for hydroxylation is 1. The van der Waals surface area contributed by atoms with E-state index < -0.39 is 10.0 Å². The van der Waals surface area contributed by atoms with E-state index in [0.717, 1.165) is 16.3 Å². The summed E-state index contributed by atoms with van der Waals surface area (Å²) in [5, 5.41) is 5.78. The molecule has 0 saturated heterocycles. The van der Waals surface area contributed by atoms with Crippen molar-refractivity contribution in [3.63, 3.8) is 0 Å². The Bertz CT molecular complexity index is 680. The third-order valence-corrected chi connectivity index (χ3v) is 4.92. The second kappa shape index (κ2) is 6.45. The van der Waals surface area contributed by atoms with Gasteiger partial charge in [-0.25, -0.2) is 18.1 Å². The van der Waals surface area contributed by atoms with Crippen molar-refractivity contribution in [3.8, 4) is 0 Å². The summed E-state index contributed by atoms with van der Waals surface area (Å²) in [5.41, 5.74) is 1.67. The van der Waals surface area contributed by atoms with Gasteiger partial charge in [0.15, 0.2) is 0 Å². The molecule has 0 saturated carbocycles. The molecule has 0 radical (unpaired) electrons. The highest BCUT2D eigenvalue weighted by molar-refractivity contribution is 7.89. The fourth-order valence-electron chi connectivity index (χ4n) is 1.77. The van der Waals surface area contributed by atoms with Crippen LogP contribution < -0.4 is 10.0 Å². The lowest BCUT2D eigenvalue weighted by Gasteiger charge is -2.07. The molecule has 1 heterocycles. The van der Waals surface area contributed by atoms with Crippen molar-refractivity contribution in [3.05, 3.63) is 45.9 Å². The van der Waals surface area contributed by atoms with Gasteiger partial charge in [0.05, 0.1) is 22.1 Å². The lowest BCUT2D eigenvalue weighted by molar-refractivity contribution is 0.580. The maximum absolute atomic E-state index is 12.2. The van der Waals surface area contributed by atoms with E-state index in [1.807, 2.05) is 25.4 Å². The second-order valence-electron chi connectivity index (χ2n) is 4.36. The Morgan fingerprint density at radius 2 is 2.10 bits per heavy atom. The third-order valence-electron chi connectivity index (χ3n) is 2.70. The summed E-state index contributed by atoms with van der Waals surface area (Å²) in [6.07, 6.45) is 0. The van der Waals surface area contributed by atoms with Gasteiger partial charge in [0.25, 0.3) is 0 Å². The molecule has 7 heteroatoms. The SMILES string of the molecule is CNCc1cccc(S(=O)(=O)NCc2csc(C)n2)c1. The van der Waals surface area contributed by atoms with Crippen molar-refractivity contribution >= 4 is 21.4 Å². The van der Waals surface area contributed by atoms with Crippen LogP contribution in [0, 0.1) is 6.92 Å². The minimum atomic E-state index is -3.50. The maximum atomic E-state index is 12.2. The number of sulfonamides is 1. The fourth-order valence-corrected chi connectivity index (χ4v) is 3.45. The van der Waals surface area contributed by atoms with Crippen molar-refractivity contribution in [2.75, 3.05) is 7.05 Å². The molecule has 2 aromatic rings. The van der Waals surface area contributed by atoms with Crippen LogP contribution in [0.25, 0.3) is 0 Å². The second-order valence-corrected chi connectivity index (χ2v) is 7.19. The Morgan fingerprint density at radius 1 is 1.30 bits per heavy atom. The van der Waals surface area contributed by atoms with Gasteiger partial charge in [0.2, 0.25) is 10.0 Å². The first kappa shape index (κ1) is 15.1. The summed E-state index contributed by atoms with van der Waals surface area (Å²) < 4.78 is 27.0. The average Bonchev–Trinajstić information content (AvgIpc) is 2.83. The first-order chi connectivity index (χ1) is 9.51. The van der Waals surface area contributed by atoms with Crippen molar-refractivity contribution in [1.29, 1.82) is 0 Å². The van der Waals surface area contributed by atoms with Gasteiger partial charge in [0, 0.05) is 11.9 Å². The van der Waals surface area contributed by atoms with Crippen LogP contribution in [-0.4, -0.2) is 20.4 Å². The molecule has 20 heavy (non-hydrogen) atoms. The Morgan fingerprint density at radius 3 is 2.75 bits per heavy atom. The van der Waals surface area contributed by atoms with Crippen molar-refractivity contribution in [2.24, 2.45) is 0 Å². The van der Waals surface area contributed by atoms with E-state index in [0.29, 0.717) is 6.54 Å². The molecular formula is C13H17N3O2S2. The quantitative estimate of drug-likeness (QED) is 0.851. The number of hydrogen-bond acceptors (Lipinski definition) is 5. The summed E-state index contributed by atoms with van der Waals surface area (Å²) in [5.74, 6) is 0. The lowest BCUT2D eigenvalue weighted by Crippen LogP contribution is -2.23. The molecule has 0 spiro atoms. The molecule has 2 N–H and O–H groups in total. The topological polar surface area (TPSA) is 71.1 Å². The molecular weight excluding hydrogens is 294 g/mol. The number of rotatable bonds is 6. The molecule has 0 bridgehead atoms. The Balaban J connectivity index is 2.11. The maximum Gasteiger partial charge on any atom is 0.240 e. The fraction of sp³-hybridized carbons (Fsp3) is 0.308. The molecule has 0 aliphatic rings. The predicted molar refractivity (Wildman–Crippen MR) is 80.1 cm³/mol. The Labute approximate surface area is 123 Å². The number of nitrogens with zero attached hydrogens (tertiary/aromatic N) is 1. The molecule has 1 aromatic heterocycles. The average molecular weight is 311 g/mol. The number of aromatic nitrogens is 1. The Kier molecular flexibility index (Phi) is 4.87. The highest BCUT2D eigenvalue weighted by Crippen LogP contribution is 2.13. The molecule has 108 valence electrons. The molecule has 0 aliphatic carbocycles. The van der Waals surface area contributed by atoms with Crippen LogP contribution in [-0.2, 0) is 23.1 Å². The van der Waals surface area contributed by atoms with Crippen molar-refractivity contribution in [1.82, 2.24) is 15.0 Å². The lowest BCUT2D eigenvalue weighted by atomic mass is 10.2. The van der Waals surface area contributed by atoms with E-state index in [-0.39, 0.29) is 11.4 Å². The van der Waals surface area contributed by atoms with Gasteiger partial charge in [-0.15, -0.1) is 11.3 Å². The molecule has 0 fully saturated rings. The molecule has 5 nitrogen and oxygen atoms in total. The van der Waals surface area contributed by atoms with Crippen molar-refractivity contribution in [2.45, 2.75) is 24.9 Å². The zero-order valence-corrected chi connectivity index (χ0v) is 13.0. The zero-order valence-electron chi connectivity index (χ0n) is 11.4. The molecule has 0 amide bonds. The van der Waals surface area contributed by atoms with Crippen LogP contribution in [0.3, 0.4) is 0 Å². The number of nitrogens with one attached hydrogen (secondary N) is 2. The van der Waals surface area contributed by atoms with Crippen LogP contribution >= 0.6 is 11.3 Å². The minimum Gasteiger partial charge on any atom is -0.316 e. The highest BCUT2D eigenvalue weighted by Gasteiger charge is 2.14. The standard InChI is InChI=1S/C13H17N3O2S2/c1-10-16-12(9-19-10)8-15-20(17,18)13-5-3-4-11(6-13)7-14-2/h3-6,9,14-15H,7-8H2,1-2H3. The van der Waals surface area contributed by atoms with Gasteiger partial charge >= 0.3 is 0 Å². The van der Waals surface area contributed by atoms with Gasteiger partial charge in [-0.2, -0.15) is 0 Å². The van der Waals surface area contributed by atoms with Crippen LogP contribution in [0.4, 0.5) is 0 Å². The van der Waals surface area contributed by atoms with Crippen LogP contribution in [0.5, 0.6) is 0 Å². The van der Waals surface area contributed by atoms with Crippen LogP contribution in [0.15, 0.2) is 34.5 Å². The number of hydrogen-bond donors (Lipinski definition) is 2. The largest absolute Gasteiger partial charge is 0.316 e. The monoisotopic (exact) mass is 311 g/mol. The molecule has 0 atom stereocenters.